The summed E-state index contributed by atoms with van der Waals surface area (Å²) in [7, 11) is 2.00. The van der Waals surface area contributed by atoms with Gasteiger partial charge < -0.3 is 9.30 Å². The van der Waals surface area contributed by atoms with E-state index in [0.717, 1.165) is 16.5 Å². The maximum atomic E-state index is 12.2. The van der Waals surface area contributed by atoms with Crippen LogP contribution in [0, 0.1) is 0 Å². The van der Waals surface area contributed by atoms with Crippen molar-refractivity contribution in [1.82, 2.24) is 4.57 Å². The van der Waals surface area contributed by atoms with Gasteiger partial charge in [0.15, 0.2) is 0 Å². The van der Waals surface area contributed by atoms with E-state index < -0.39 is 5.97 Å². The van der Waals surface area contributed by atoms with Gasteiger partial charge in [-0.1, -0.05) is 32.0 Å². The Morgan fingerprint density at radius 3 is 2.59 bits per heavy atom. The molecule has 0 spiro atoms. The summed E-state index contributed by atoms with van der Waals surface area (Å²) in [6.07, 6.45) is 2.24. The molecule has 0 unspecified atom stereocenters. The highest BCUT2D eigenvalue weighted by Crippen LogP contribution is 2.34. The largest absolute Gasteiger partial charge is 0.466 e. The van der Waals surface area contributed by atoms with E-state index >= 15 is 0 Å². The Bertz CT molecular complexity index is 697. The molecule has 0 amide bonds. The highest BCUT2D eigenvalue weighted by atomic mass is 16.5. The molecule has 1 aromatic heterocycles. The molecule has 118 valence electrons. The maximum absolute atomic E-state index is 12.2. The van der Waals surface area contributed by atoms with Crippen molar-refractivity contribution >= 4 is 22.7 Å². The van der Waals surface area contributed by atoms with Gasteiger partial charge in [-0.3, -0.25) is 9.59 Å². The van der Waals surface area contributed by atoms with Crippen LogP contribution in [0.15, 0.2) is 30.5 Å². The fourth-order valence-corrected chi connectivity index (χ4v) is 2.90. The number of ketones is 1. The number of hydrogen-bond donors (Lipinski definition) is 0. The second-order valence-electron chi connectivity index (χ2n) is 6.25. The van der Waals surface area contributed by atoms with E-state index in [4.69, 9.17) is 4.74 Å². The van der Waals surface area contributed by atoms with Crippen LogP contribution in [-0.2, 0) is 26.8 Å². The summed E-state index contributed by atoms with van der Waals surface area (Å²) in [5, 5.41) is 1.15. The zero-order valence-electron chi connectivity index (χ0n) is 13.7. The third kappa shape index (κ3) is 3.38. The highest BCUT2D eigenvalue weighted by molar-refractivity contribution is 5.96. The number of para-hydroxylation sites is 1. The lowest BCUT2D eigenvalue weighted by molar-refractivity contribution is -0.145. The van der Waals surface area contributed by atoms with E-state index in [1.165, 1.54) is 0 Å². The molecule has 0 fully saturated rings. The van der Waals surface area contributed by atoms with Gasteiger partial charge in [0.1, 0.15) is 12.2 Å². The number of nitrogens with zero attached hydrogens (tertiary/aromatic N) is 1. The molecule has 1 heterocycles. The first-order chi connectivity index (χ1) is 10.3. The number of fused-ring (bicyclic) bond motifs is 1. The molecule has 0 aliphatic carbocycles. The van der Waals surface area contributed by atoms with E-state index in [1.807, 2.05) is 33.0 Å². The number of aryl methyl sites for hydroxylation is 1. The molecule has 0 saturated heterocycles. The van der Waals surface area contributed by atoms with Crippen LogP contribution in [-0.4, -0.2) is 22.9 Å². The quantitative estimate of drug-likeness (QED) is 0.607. The number of carbonyl (C=O) groups excluding carboxylic acids is 2. The van der Waals surface area contributed by atoms with E-state index in [0.29, 0.717) is 13.0 Å². The summed E-state index contributed by atoms with van der Waals surface area (Å²) in [6.45, 7) is 6.12. The third-order valence-corrected chi connectivity index (χ3v) is 3.91. The highest BCUT2D eigenvalue weighted by Gasteiger charge is 2.28. The molecule has 4 heteroatoms. The average molecular weight is 301 g/mol. The van der Waals surface area contributed by atoms with Crippen LogP contribution in [0.3, 0.4) is 0 Å². The van der Waals surface area contributed by atoms with Gasteiger partial charge in [-0.2, -0.15) is 0 Å². The Balaban J connectivity index is 2.22. The number of ether oxygens (including phenoxy) is 1. The summed E-state index contributed by atoms with van der Waals surface area (Å²) < 4.78 is 6.91. The van der Waals surface area contributed by atoms with Crippen molar-refractivity contribution in [3.05, 3.63) is 36.0 Å². The van der Waals surface area contributed by atoms with E-state index in [1.54, 1.807) is 6.92 Å². The van der Waals surface area contributed by atoms with Gasteiger partial charge in [-0.25, -0.2) is 0 Å². The number of Topliss-reactive ketones (excluding diaryl/α,β-unsaturated/α-hetero) is 1. The molecule has 0 N–H and O–H groups in total. The lowest BCUT2D eigenvalue weighted by Gasteiger charge is -2.23. The molecular weight excluding hydrogens is 278 g/mol. The molecule has 22 heavy (non-hydrogen) atoms. The number of aromatic nitrogens is 1. The van der Waals surface area contributed by atoms with Crippen molar-refractivity contribution in [2.45, 2.75) is 39.0 Å². The Morgan fingerprint density at radius 2 is 1.91 bits per heavy atom. The van der Waals surface area contributed by atoms with Gasteiger partial charge in [-0.05, 0) is 24.0 Å². The fourth-order valence-electron chi connectivity index (χ4n) is 2.90. The van der Waals surface area contributed by atoms with E-state index in [2.05, 4.69) is 22.9 Å². The lowest BCUT2D eigenvalue weighted by atomic mass is 9.79. The Labute approximate surface area is 131 Å². The monoisotopic (exact) mass is 301 g/mol. The van der Waals surface area contributed by atoms with Crippen LogP contribution in [0.5, 0.6) is 0 Å². The Hall–Kier alpha value is -2.10. The van der Waals surface area contributed by atoms with Gasteiger partial charge >= 0.3 is 5.97 Å². The first-order valence-corrected chi connectivity index (χ1v) is 7.57. The smallest absolute Gasteiger partial charge is 0.313 e. The van der Waals surface area contributed by atoms with E-state index in [9.17, 15) is 9.59 Å². The molecule has 4 nitrogen and oxygen atoms in total. The number of benzene rings is 1. The fraction of sp³-hybridized carbons (Fsp3) is 0.444. The average Bonchev–Trinajstić information content (AvgIpc) is 2.77. The normalized spacial score (nSPS) is 11.6. The van der Waals surface area contributed by atoms with Gasteiger partial charge in [0.25, 0.3) is 0 Å². The van der Waals surface area contributed by atoms with Crippen molar-refractivity contribution in [3.8, 4) is 0 Å². The van der Waals surface area contributed by atoms with Crippen molar-refractivity contribution < 1.29 is 14.3 Å². The van der Waals surface area contributed by atoms with Crippen LogP contribution >= 0.6 is 0 Å². The number of rotatable bonds is 6. The minimum absolute atomic E-state index is 0.0867. The van der Waals surface area contributed by atoms with Gasteiger partial charge in [0.05, 0.1) is 6.61 Å². The molecule has 0 aliphatic rings. The summed E-state index contributed by atoms with van der Waals surface area (Å²) >= 11 is 0. The summed E-state index contributed by atoms with van der Waals surface area (Å²) in [5.41, 5.74) is 1.94. The molecule has 2 aromatic rings. The maximum Gasteiger partial charge on any atom is 0.313 e. The number of hydrogen-bond acceptors (Lipinski definition) is 3. The van der Waals surface area contributed by atoms with Crippen LogP contribution in [0.2, 0.25) is 0 Å². The summed E-state index contributed by atoms with van der Waals surface area (Å²) in [4.78, 5) is 23.6. The second kappa shape index (κ2) is 6.34. The first-order valence-electron chi connectivity index (χ1n) is 7.57. The lowest BCUT2D eigenvalue weighted by Crippen LogP contribution is -2.23. The van der Waals surface area contributed by atoms with Gasteiger partial charge in [0.2, 0.25) is 0 Å². The predicted octanol–water partition coefficient (Wildman–Crippen LogP) is 3.37. The molecule has 0 saturated carbocycles. The molecule has 0 bridgehead atoms. The molecule has 0 aliphatic heterocycles. The van der Waals surface area contributed by atoms with Crippen LogP contribution in [0.1, 0.15) is 39.2 Å². The minimum Gasteiger partial charge on any atom is -0.466 e. The third-order valence-electron chi connectivity index (χ3n) is 3.91. The molecule has 0 atom stereocenters. The van der Waals surface area contributed by atoms with Crippen molar-refractivity contribution in [1.29, 1.82) is 0 Å². The van der Waals surface area contributed by atoms with Gasteiger partial charge in [0, 0.05) is 30.6 Å². The minimum atomic E-state index is -0.443. The van der Waals surface area contributed by atoms with Crippen molar-refractivity contribution in [3.63, 3.8) is 0 Å². The van der Waals surface area contributed by atoms with Crippen LogP contribution in [0.4, 0.5) is 0 Å². The molecule has 1 aromatic carbocycles. The zero-order valence-corrected chi connectivity index (χ0v) is 13.7. The number of esters is 1. The van der Waals surface area contributed by atoms with Crippen molar-refractivity contribution in [2.24, 2.45) is 7.05 Å². The molecule has 2 rings (SSSR count). The van der Waals surface area contributed by atoms with E-state index in [-0.39, 0.29) is 17.6 Å². The Morgan fingerprint density at radius 1 is 1.23 bits per heavy atom. The topological polar surface area (TPSA) is 48.3 Å². The zero-order chi connectivity index (χ0) is 16.3. The second-order valence-corrected chi connectivity index (χ2v) is 6.25. The van der Waals surface area contributed by atoms with Crippen LogP contribution < -0.4 is 0 Å². The Kier molecular flexibility index (Phi) is 4.69. The van der Waals surface area contributed by atoms with Crippen molar-refractivity contribution in [2.75, 3.05) is 6.61 Å². The summed E-state index contributed by atoms with van der Waals surface area (Å²) in [6, 6.07) is 8.14. The SMILES string of the molecule is CCOC(=O)CC(=O)CC(C)(C)c1cn(C)c2ccccc12. The van der Waals surface area contributed by atoms with Gasteiger partial charge in [-0.15, -0.1) is 0 Å². The van der Waals surface area contributed by atoms with Crippen LogP contribution in [0.25, 0.3) is 10.9 Å². The first kappa shape index (κ1) is 16.3. The number of carbonyl (C=O) groups is 2. The molecule has 0 radical (unpaired) electrons. The predicted molar refractivity (Wildman–Crippen MR) is 86.8 cm³/mol. The molecular formula is C18H23NO3. The standard InChI is InChI=1S/C18H23NO3/c1-5-22-17(21)10-13(20)11-18(2,3)15-12-19(4)16-9-7-6-8-14(15)16/h6-9,12H,5,10-11H2,1-4H3. The summed E-state index contributed by atoms with van der Waals surface area (Å²) in [5.74, 6) is -0.530.